The van der Waals surface area contributed by atoms with Gasteiger partial charge in [-0.2, -0.15) is 0 Å². The first kappa shape index (κ1) is 29.6. The Morgan fingerprint density at radius 3 is 2.00 bits per heavy atom. The largest absolute Gasteiger partial charge is 0.372 e. The Hall–Kier alpha value is -2.99. The zero-order valence-electron chi connectivity index (χ0n) is 21.8. The minimum absolute atomic E-state index is 0.122. The van der Waals surface area contributed by atoms with E-state index in [0.717, 1.165) is 23.7 Å². The second-order valence-corrected chi connectivity index (χ2v) is 10.1. The predicted octanol–water partition coefficient (Wildman–Crippen LogP) is 8.16. The molecule has 8 heteroatoms. The van der Waals surface area contributed by atoms with Gasteiger partial charge in [-0.15, -0.1) is 0 Å². The number of halogens is 3. The van der Waals surface area contributed by atoms with Crippen LogP contribution in [0.15, 0.2) is 83.8 Å². The normalized spacial score (nSPS) is 10.6. The molecule has 0 amide bonds. The van der Waals surface area contributed by atoms with Crippen molar-refractivity contribution in [2.75, 3.05) is 18.0 Å². The van der Waals surface area contributed by atoms with Crippen molar-refractivity contribution in [2.45, 2.75) is 40.2 Å². The number of benzene rings is 3. The Morgan fingerprint density at radius 2 is 1.45 bits per heavy atom. The number of ketones is 1. The number of aromatic nitrogens is 2. The molecule has 0 aliphatic heterocycles. The van der Waals surface area contributed by atoms with Gasteiger partial charge in [0, 0.05) is 35.0 Å². The van der Waals surface area contributed by atoms with Gasteiger partial charge in [-0.25, -0.2) is 4.68 Å². The molecule has 0 spiro atoms. The quantitative estimate of drug-likeness (QED) is 0.190. The van der Waals surface area contributed by atoms with Crippen molar-refractivity contribution in [3.05, 3.63) is 116 Å². The molecule has 0 aliphatic rings. The Bertz CT molecular complexity index is 1390. The van der Waals surface area contributed by atoms with Crippen LogP contribution in [0.5, 0.6) is 0 Å². The maximum Gasteiger partial charge on any atom is 0.282 e. The number of Topliss-reactive ketones (excluding diaryl/α,β-unsaturated/α-hetero) is 1. The van der Waals surface area contributed by atoms with Crippen LogP contribution in [0.4, 0.5) is 5.69 Å². The van der Waals surface area contributed by atoms with Crippen molar-refractivity contribution < 1.29 is 4.79 Å². The van der Waals surface area contributed by atoms with E-state index in [1.807, 2.05) is 42.5 Å². The fraction of sp³-hybridized carbons (Fsp3) is 0.267. The monoisotopic (exact) mass is 571 g/mol. The summed E-state index contributed by atoms with van der Waals surface area (Å²) < 4.78 is 3.09. The molecule has 0 radical (unpaired) electrons. The van der Waals surface area contributed by atoms with E-state index >= 15 is 0 Å². The summed E-state index contributed by atoms with van der Waals surface area (Å²) in [6, 6.07) is 22.6. The first-order valence-electron chi connectivity index (χ1n) is 12.6. The molecule has 0 saturated carbocycles. The van der Waals surface area contributed by atoms with Crippen LogP contribution >= 0.6 is 34.8 Å². The molecule has 0 saturated heterocycles. The predicted molar refractivity (Wildman–Crippen MR) is 160 cm³/mol. The molecule has 4 rings (SSSR count). The first-order valence-corrected chi connectivity index (χ1v) is 13.7. The summed E-state index contributed by atoms with van der Waals surface area (Å²) in [7, 11) is 0. The number of hydrogen-bond acceptors (Lipinski definition) is 3. The molecule has 0 fully saturated rings. The molecule has 0 N–H and O–H groups in total. The average Bonchev–Trinajstić information content (AvgIpc) is 3.21. The van der Waals surface area contributed by atoms with Gasteiger partial charge in [0.15, 0.2) is 5.78 Å². The standard InChI is InChI=1S/C18H14Cl2N2O2.C12H18ClN/c1-12(23)15-11-21(10-13-5-3-2-4-6-13)22(18(15)24)17-8-7-14(19)9-16(17)20;1-3-9-14(10-4-2)12-7-5-11(13)6-8-12/h2-9,11H,10H2,1H3;5-8H,3-4,9-10H2,1-2H3. The number of nitrogens with zero attached hydrogens (tertiary/aromatic N) is 3. The summed E-state index contributed by atoms with van der Waals surface area (Å²) in [6.45, 7) is 8.46. The smallest absolute Gasteiger partial charge is 0.282 e. The summed E-state index contributed by atoms with van der Waals surface area (Å²) in [6.07, 6.45) is 3.92. The molecule has 0 atom stereocenters. The third-order valence-corrected chi connectivity index (χ3v) is 6.63. The number of carbonyl (C=O) groups excluding carboxylic acids is 1. The van der Waals surface area contributed by atoms with Crippen molar-refractivity contribution in [3.63, 3.8) is 0 Å². The second kappa shape index (κ2) is 14.2. The van der Waals surface area contributed by atoms with Crippen molar-refractivity contribution in [1.82, 2.24) is 9.36 Å². The van der Waals surface area contributed by atoms with Crippen molar-refractivity contribution in [2.24, 2.45) is 0 Å². The summed E-state index contributed by atoms with van der Waals surface area (Å²) >= 11 is 18.0. The highest BCUT2D eigenvalue weighted by Crippen LogP contribution is 2.24. The van der Waals surface area contributed by atoms with Crippen LogP contribution in [0.2, 0.25) is 15.1 Å². The van der Waals surface area contributed by atoms with E-state index in [1.165, 1.54) is 30.1 Å². The minimum Gasteiger partial charge on any atom is -0.372 e. The van der Waals surface area contributed by atoms with Gasteiger partial charge in [0.25, 0.3) is 5.56 Å². The lowest BCUT2D eigenvalue weighted by Gasteiger charge is -2.23. The molecule has 0 unspecified atom stereocenters. The highest BCUT2D eigenvalue weighted by atomic mass is 35.5. The van der Waals surface area contributed by atoms with Gasteiger partial charge in [-0.05, 0) is 67.8 Å². The van der Waals surface area contributed by atoms with Crippen LogP contribution < -0.4 is 10.5 Å². The highest BCUT2D eigenvalue weighted by Gasteiger charge is 2.18. The first-order chi connectivity index (χ1) is 18.2. The topological polar surface area (TPSA) is 47.2 Å². The minimum atomic E-state index is -0.400. The molecule has 1 aromatic heterocycles. The Balaban J connectivity index is 0.000000244. The number of hydrogen-bond donors (Lipinski definition) is 0. The fourth-order valence-corrected chi connectivity index (χ4v) is 4.70. The van der Waals surface area contributed by atoms with E-state index < -0.39 is 5.56 Å². The van der Waals surface area contributed by atoms with Crippen LogP contribution in [-0.4, -0.2) is 28.2 Å². The molecule has 4 aromatic rings. The van der Waals surface area contributed by atoms with Crippen molar-refractivity contribution in [3.8, 4) is 5.69 Å². The second-order valence-electron chi connectivity index (χ2n) is 8.86. The van der Waals surface area contributed by atoms with Gasteiger partial charge in [-0.1, -0.05) is 79.0 Å². The lowest BCUT2D eigenvalue weighted by atomic mass is 10.2. The Labute approximate surface area is 239 Å². The van der Waals surface area contributed by atoms with Crippen LogP contribution in [0.3, 0.4) is 0 Å². The number of rotatable bonds is 9. The molecule has 38 heavy (non-hydrogen) atoms. The molecule has 200 valence electrons. The van der Waals surface area contributed by atoms with Gasteiger partial charge in [0.2, 0.25) is 0 Å². The van der Waals surface area contributed by atoms with E-state index in [1.54, 1.807) is 29.1 Å². The van der Waals surface area contributed by atoms with Crippen LogP contribution in [0, 0.1) is 0 Å². The molecule has 1 heterocycles. The molecule has 0 aliphatic carbocycles. The van der Waals surface area contributed by atoms with E-state index in [9.17, 15) is 9.59 Å². The zero-order chi connectivity index (χ0) is 27.7. The SMILES string of the molecule is CC(=O)c1cn(Cc2ccccc2)n(-c2ccc(Cl)cc2Cl)c1=O.CCCN(CCC)c1ccc(Cl)cc1. The molecule has 3 aromatic carbocycles. The third-order valence-electron chi connectivity index (χ3n) is 5.84. The van der Waals surface area contributed by atoms with E-state index in [2.05, 4.69) is 30.9 Å². The van der Waals surface area contributed by atoms with Gasteiger partial charge in [0.1, 0.15) is 5.56 Å². The third kappa shape index (κ3) is 7.76. The van der Waals surface area contributed by atoms with Crippen LogP contribution in [0.1, 0.15) is 49.5 Å². The summed E-state index contributed by atoms with van der Waals surface area (Å²) in [5, 5.41) is 1.62. The fourth-order valence-electron chi connectivity index (χ4n) is 4.08. The lowest BCUT2D eigenvalue weighted by molar-refractivity contribution is 0.101. The summed E-state index contributed by atoms with van der Waals surface area (Å²) in [5.41, 5.74) is 2.48. The Morgan fingerprint density at radius 1 is 0.842 bits per heavy atom. The molecular weight excluding hydrogens is 541 g/mol. The number of carbonyl (C=O) groups is 1. The van der Waals surface area contributed by atoms with E-state index in [-0.39, 0.29) is 11.3 Å². The maximum atomic E-state index is 12.7. The molecular formula is C30H32Cl3N3O2. The van der Waals surface area contributed by atoms with Gasteiger partial charge >= 0.3 is 0 Å². The van der Waals surface area contributed by atoms with E-state index in [0.29, 0.717) is 22.3 Å². The van der Waals surface area contributed by atoms with Crippen molar-refractivity contribution >= 4 is 46.3 Å². The van der Waals surface area contributed by atoms with Gasteiger partial charge in [-0.3, -0.25) is 14.3 Å². The summed E-state index contributed by atoms with van der Waals surface area (Å²) in [4.78, 5) is 26.9. The zero-order valence-corrected chi connectivity index (χ0v) is 24.1. The molecule has 0 bridgehead atoms. The van der Waals surface area contributed by atoms with Gasteiger partial charge < -0.3 is 4.90 Å². The Kier molecular flexibility index (Phi) is 11.1. The number of anilines is 1. The highest BCUT2D eigenvalue weighted by molar-refractivity contribution is 6.35. The average molecular weight is 573 g/mol. The van der Waals surface area contributed by atoms with Crippen LogP contribution in [-0.2, 0) is 6.54 Å². The van der Waals surface area contributed by atoms with Gasteiger partial charge in [0.05, 0.1) is 17.3 Å². The van der Waals surface area contributed by atoms with Crippen molar-refractivity contribution in [1.29, 1.82) is 0 Å². The van der Waals surface area contributed by atoms with E-state index in [4.69, 9.17) is 34.8 Å². The molecule has 5 nitrogen and oxygen atoms in total. The summed E-state index contributed by atoms with van der Waals surface area (Å²) in [5.74, 6) is -0.286. The maximum absolute atomic E-state index is 12.7. The van der Waals surface area contributed by atoms with Crippen LogP contribution in [0.25, 0.3) is 5.69 Å². The lowest BCUT2D eigenvalue weighted by Crippen LogP contribution is -2.24.